The highest BCUT2D eigenvalue weighted by atomic mass is 15.1. The molecule has 3 nitrogen and oxygen atoms in total. The zero-order chi connectivity index (χ0) is 10.8. The number of hydrogen-bond donors (Lipinski definition) is 1. The molecule has 2 rings (SSSR count). The lowest BCUT2D eigenvalue weighted by atomic mass is 9.93. The van der Waals surface area contributed by atoms with Crippen molar-refractivity contribution in [2.24, 2.45) is 11.7 Å². The van der Waals surface area contributed by atoms with E-state index in [-0.39, 0.29) is 0 Å². The summed E-state index contributed by atoms with van der Waals surface area (Å²) in [6.07, 6.45) is 5.61. The Morgan fingerprint density at radius 1 is 1.60 bits per heavy atom. The Kier molecular flexibility index (Phi) is 3.10. The van der Waals surface area contributed by atoms with Gasteiger partial charge in [-0.15, -0.1) is 0 Å². The van der Waals surface area contributed by atoms with Gasteiger partial charge in [-0.2, -0.15) is 0 Å². The van der Waals surface area contributed by atoms with Gasteiger partial charge in [0.25, 0.3) is 0 Å². The molecule has 0 saturated heterocycles. The molecular formula is C12H21N3. The predicted octanol–water partition coefficient (Wildman–Crippen LogP) is 1.92. The van der Waals surface area contributed by atoms with Gasteiger partial charge in [0.2, 0.25) is 0 Å². The lowest BCUT2D eigenvalue weighted by Crippen LogP contribution is -2.22. The fourth-order valence-electron chi connectivity index (χ4n) is 2.52. The van der Waals surface area contributed by atoms with Crippen LogP contribution in [0.3, 0.4) is 0 Å². The van der Waals surface area contributed by atoms with Crippen LogP contribution in [0.5, 0.6) is 0 Å². The number of aromatic nitrogens is 2. The smallest absolute Gasteiger partial charge is 0.0951 e. The molecule has 0 aromatic carbocycles. The van der Waals surface area contributed by atoms with E-state index in [4.69, 9.17) is 5.73 Å². The van der Waals surface area contributed by atoms with Crippen LogP contribution in [-0.4, -0.2) is 16.1 Å². The molecule has 1 aromatic heterocycles. The molecule has 2 N–H and O–H groups in total. The van der Waals surface area contributed by atoms with Gasteiger partial charge in [-0.25, -0.2) is 4.98 Å². The Hall–Kier alpha value is -0.830. The minimum atomic E-state index is 0.548. The van der Waals surface area contributed by atoms with E-state index in [1.54, 1.807) is 0 Å². The number of hydrogen-bond acceptors (Lipinski definition) is 2. The summed E-state index contributed by atoms with van der Waals surface area (Å²) in [6.45, 7) is 6.36. The maximum Gasteiger partial charge on any atom is 0.0951 e. The van der Waals surface area contributed by atoms with Crippen LogP contribution in [0.25, 0.3) is 0 Å². The summed E-state index contributed by atoms with van der Waals surface area (Å²) >= 11 is 0. The maximum absolute atomic E-state index is 5.61. The van der Waals surface area contributed by atoms with Gasteiger partial charge in [-0.3, -0.25) is 0 Å². The SMILES string of the molecule is CC(C)c1ncn2c1CCC(CCN)C2. The monoisotopic (exact) mass is 207 g/mol. The number of nitrogens with zero attached hydrogens (tertiary/aromatic N) is 2. The molecule has 3 heteroatoms. The van der Waals surface area contributed by atoms with Crippen LogP contribution in [0.1, 0.15) is 44.0 Å². The molecule has 1 unspecified atom stereocenters. The number of rotatable bonds is 3. The molecule has 15 heavy (non-hydrogen) atoms. The Morgan fingerprint density at radius 3 is 3.07 bits per heavy atom. The summed E-state index contributed by atoms with van der Waals surface area (Å²) in [4.78, 5) is 4.52. The van der Waals surface area contributed by atoms with Crippen molar-refractivity contribution in [3.05, 3.63) is 17.7 Å². The van der Waals surface area contributed by atoms with Crippen LogP contribution in [0, 0.1) is 5.92 Å². The van der Waals surface area contributed by atoms with Gasteiger partial charge in [0, 0.05) is 12.2 Å². The van der Waals surface area contributed by atoms with Crippen molar-refractivity contribution >= 4 is 0 Å². The number of nitrogens with two attached hydrogens (primary N) is 1. The van der Waals surface area contributed by atoms with E-state index in [0.717, 1.165) is 25.4 Å². The van der Waals surface area contributed by atoms with Crippen molar-refractivity contribution in [1.82, 2.24) is 9.55 Å². The molecule has 0 amide bonds. The molecule has 0 fully saturated rings. The van der Waals surface area contributed by atoms with Crippen LogP contribution in [0.2, 0.25) is 0 Å². The van der Waals surface area contributed by atoms with Crippen LogP contribution < -0.4 is 5.73 Å². The fraction of sp³-hybridized carbons (Fsp3) is 0.750. The van der Waals surface area contributed by atoms with E-state index in [2.05, 4.69) is 23.4 Å². The molecule has 1 aliphatic rings. The Bertz CT molecular complexity index is 328. The number of fused-ring (bicyclic) bond motifs is 1. The van der Waals surface area contributed by atoms with Gasteiger partial charge in [-0.05, 0) is 37.6 Å². The predicted molar refractivity (Wildman–Crippen MR) is 61.8 cm³/mol. The highest BCUT2D eigenvalue weighted by Gasteiger charge is 2.21. The first kappa shape index (κ1) is 10.7. The van der Waals surface area contributed by atoms with Crippen molar-refractivity contribution in [2.45, 2.75) is 45.6 Å². The van der Waals surface area contributed by atoms with E-state index >= 15 is 0 Å². The van der Waals surface area contributed by atoms with Crippen LogP contribution in [-0.2, 0) is 13.0 Å². The maximum atomic E-state index is 5.61. The molecule has 0 aliphatic carbocycles. The highest BCUT2D eigenvalue weighted by Crippen LogP contribution is 2.27. The molecule has 2 heterocycles. The molecule has 0 saturated carbocycles. The second-order valence-electron chi connectivity index (χ2n) is 4.87. The van der Waals surface area contributed by atoms with E-state index in [1.165, 1.54) is 24.2 Å². The minimum absolute atomic E-state index is 0.548. The Morgan fingerprint density at radius 2 is 2.40 bits per heavy atom. The summed E-state index contributed by atoms with van der Waals surface area (Å²) in [5.41, 5.74) is 8.36. The van der Waals surface area contributed by atoms with Crippen molar-refractivity contribution in [3.63, 3.8) is 0 Å². The van der Waals surface area contributed by atoms with Crippen LogP contribution in [0.15, 0.2) is 6.33 Å². The van der Waals surface area contributed by atoms with E-state index in [1.807, 2.05) is 6.33 Å². The Labute approximate surface area is 91.7 Å². The number of imidazole rings is 1. The van der Waals surface area contributed by atoms with Gasteiger partial charge >= 0.3 is 0 Å². The van der Waals surface area contributed by atoms with Gasteiger partial charge in [-0.1, -0.05) is 13.8 Å². The van der Waals surface area contributed by atoms with E-state index < -0.39 is 0 Å². The standard InChI is InChI=1S/C12H21N3/c1-9(2)12-11-4-3-10(5-6-13)7-15(11)8-14-12/h8-10H,3-7,13H2,1-2H3. The third-order valence-electron chi connectivity index (χ3n) is 3.34. The first-order chi connectivity index (χ1) is 7.22. The van der Waals surface area contributed by atoms with Crippen LogP contribution >= 0.6 is 0 Å². The third-order valence-corrected chi connectivity index (χ3v) is 3.34. The Balaban J connectivity index is 2.15. The summed E-state index contributed by atoms with van der Waals surface area (Å²) in [6, 6.07) is 0. The van der Waals surface area contributed by atoms with Crippen LogP contribution in [0.4, 0.5) is 0 Å². The molecule has 1 atom stereocenters. The molecule has 0 spiro atoms. The highest BCUT2D eigenvalue weighted by molar-refractivity contribution is 5.18. The zero-order valence-corrected chi connectivity index (χ0v) is 9.74. The second-order valence-corrected chi connectivity index (χ2v) is 4.87. The van der Waals surface area contributed by atoms with Gasteiger partial charge < -0.3 is 10.3 Å². The van der Waals surface area contributed by atoms with E-state index in [9.17, 15) is 0 Å². The lowest BCUT2D eigenvalue weighted by Gasteiger charge is -2.24. The fourth-order valence-corrected chi connectivity index (χ4v) is 2.52. The summed E-state index contributed by atoms with van der Waals surface area (Å²) in [5, 5.41) is 0. The summed E-state index contributed by atoms with van der Waals surface area (Å²) in [7, 11) is 0. The van der Waals surface area contributed by atoms with Crippen molar-refractivity contribution < 1.29 is 0 Å². The van der Waals surface area contributed by atoms with Crippen molar-refractivity contribution in [1.29, 1.82) is 0 Å². The molecule has 1 aromatic rings. The molecular weight excluding hydrogens is 186 g/mol. The third kappa shape index (κ3) is 2.07. The van der Waals surface area contributed by atoms with Gasteiger partial charge in [0.15, 0.2) is 0 Å². The normalized spacial score (nSPS) is 20.7. The average Bonchev–Trinajstić information content (AvgIpc) is 2.61. The molecule has 84 valence electrons. The summed E-state index contributed by atoms with van der Waals surface area (Å²) < 4.78 is 2.33. The molecule has 1 aliphatic heterocycles. The van der Waals surface area contributed by atoms with Crippen molar-refractivity contribution in [2.75, 3.05) is 6.54 Å². The topological polar surface area (TPSA) is 43.8 Å². The quantitative estimate of drug-likeness (QED) is 0.823. The molecule has 0 bridgehead atoms. The average molecular weight is 207 g/mol. The van der Waals surface area contributed by atoms with Gasteiger partial charge in [0.1, 0.15) is 0 Å². The van der Waals surface area contributed by atoms with Gasteiger partial charge in [0.05, 0.1) is 12.0 Å². The zero-order valence-electron chi connectivity index (χ0n) is 9.74. The first-order valence-corrected chi connectivity index (χ1v) is 5.96. The minimum Gasteiger partial charge on any atom is -0.334 e. The second kappa shape index (κ2) is 4.35. The largest absolute Gasteiger partial charge is 0.334 e. The first-order valence-electron chi connectivity index (χ1n) is 5.96. The lowest BCUT2D eigenvalue weighted by molar-refractivity contribution is 0.351. The van der Waals surface area contributed by atoms with Crippen molar-refractivity contribution in [3.8, 4) is 0 Å². The summed E-state index contributed by atoms with van der Waals surface area (Å²) in [5.74, 6) is 1.31. The molecule has 0 radical (unpaired) electrons. The van der Waals surface area contributed by atoms with E-state index in [0.29, 0.717) is 5.92 Å².